The van der Waals surface area contributed by atoms with Crippen LogP contribution in [0.1, 0.15) is 60.3 Å². The second kappa shape index (κ2) is 11.9. The van der Waals surface area contributed by atoms with E-state index in [1.165, 1.54) is 0 Å². The molecule has 28 heavy (non-hydrogen) atoms. The summed E-state index contributed by atoms with van der Waals surface area (Å²) in [4.78, 5) is 22.3. The molecule has 4 N–H and O–H groups in total. The molecule has 0 heterocycles. The first kappa shape index (κ1) is 23.3. The molecule has 6 heteroatoms. The first-order valence-corrected chi connectivity index (χ1v) is 9.19. The molecule has 2 aromatic rings. The van der Waals surface area contributed by atoms with Crippen molar-refractivity contribution >= 4 is 11.9 Å². The molecule has 0 spiro atoms. The highest BCUT2D eigenvalue weighted by atomic mass is 16.4. The molecule has 6 nitrogen and oxygen atoms in total. The van der Waals surface area contributed by atoms with Gasteiger partial charge in [-0.25, -0.2) is 4.79 Å². The number of carbonyl (C=O) groups excluding carboxylic acids is 1. The third-order valence-electron chi connectivity index (χ3n) is 3.99. The van der Waals surface area contributed by atoms with Gasteiger partial charge in [-0.05, 0) is 41.7 Å². The second-order valence-corrected chi connectivity index (χ2v) is 6.95. The number of aromatic carboxylic acids is 1. The number of hydrogen-bond donors (Lipinski definition) is 4. The molecule has 2 rings (SSSR count). The summed E-state index contributed by atoms with van der Waals surface area (Å²) in [5, 5.41) is 29.0. The van der Waals surface area contributed by atoms with E-state index in [1.54, 1.807) is 30.3 Å². The summed E-state index contributed by atoms with van der Waals surface area (Å²) in [6.45, 7) is 5.94. The van der Waals surface area contributed by atoms with E-state index in [9.17, 15) is 9.59 Å². The Hall–Kier alpha value is -2.70. The summed E-state index contributed by atoms with van der Waals surface area (Å²) in [5.74, 6) is -0.607. The fourth-order valence-electron chi connectivity index (χ4n) is 2.50. The topological polar surface area (TPSA) is 107 Å². The summed E-state index contributed by atoms with van der Waals surface area (Å²) in [6, 6.07) is 13.7. The SMILES string of the molecule is CC(C)CC(=O)NC(C)c1ccc(C(=O)O)cc1.OCc1cccc(CO)c1. The van der Waals surface area contributed by atoms with Crippen LogP contribution in [0.2, 0.25) is 0 Å². The molecule has 0 aliphatic heterocycles. The van der Waals surface area contributed by atoms with Crippen molar-refractivity contribution in [1.29, 1.82) is 0 Å². The van der Waals surface area contributed by atoms with Crippen LogP contribution in [0.3, 0.4) is 0 Å². The lowest BCUT2D eigenvalue weighted by Gasteiger charge is -2.15. The number of carboxylic acids is 1. The van der Waals surface area contributed by atoms with Gasteiger partial charge in [-0.15, -0.1) is 0 Å². The number of amides is 1. The Labute approximate surface area is 165 Å². The highest BCUT2D eigenvalue weighted by Crippen LogP contribution is 2.14. The highest BCUT2D eigenvalue weighted by Gasteiger charge is 2.11. The maximum absolute atomic E-state index is 11.6. The van der Waals surface area contributed by atoms with Gasteiger partial charge in [-0.2, -0.15) is 0 Å². The molecule has 1 unspecified atom stereocenters. The van der Waals surface area contributed by atoms with Crippen molar-refractivity contribution < 1.29 is 24.9 Å². The average molecular weight is 387 g/mol. The molecule has 0 fully saturated rings. The quantitative estimate of drug-likeness (QED) is 0.583. The summed E-state index contributed by atoms with van der Waals surface area (Å²) in [7, 11) is 0. The smallest absolute Gasteiger partial charge is 0.335 e. The zero-order chi connectivity index (χ0) is 21.1. The number of aliphatic hydroxyl groups excluding tert-OH is 2. The summed E-state index contributed by atoms with van der Waals surface area (Å²) < 4.78 is 0. The Balaban J connectivity index is 0.000000330. The minimum absolute atomic E-state index is 0.0137. The van der Waals surface area contributed by atoms with Gasteiger partial charge >= 0.3 is 5.97 Å². The van der Waals surface area contributed by atoms with Crippen molar-refractivity contribution in [3.8, 4) is 0 Å². The van der Waals surface area contributed by atoms with E-state index in [1.807, 2.05) is 39.0 Å². The van der Waals surface area contributed by atoms with E-state index in [4.69, 9.17) is 15.3 Å². The van der Waals surface area contributed by atoms with Gasteiger partial charge in [0.15, 0.2) is 0 Å². The molecule has 1 atom stereocenters. The van der Waals surface area contributed by atoms with Gasteiger partial charge in [0.2, 0.25) is 5.91 Å². The average Bonchev–Trinajstić information content (AvgIpc) is 2.67. The third-order valence-corrected chi connectivity index (χ3v) is 3.99. The standard InChI is InChI=1S/C14H19NO3.C8H10O2/c1-9(2)8-13(16)15-10(3)11-4-6-12(7-5-11)14(17)18;9-5-7-2-1-3-8(4-7)6-10/h4-7,9-10H,8H2,1-3H3,(H,15,16)(H,17,18);1-4,9-10H,5-6H2. The van der Waals surface area contributed by atoms with Crippen LogP contribution in [0.25, 0.3) is 0 Å². The molecule has 0 saturated heterocycles. The van der Waals surface area contributed by atoms with Crippen LogP contribution < -0.4 is 5.32 Å². The van der Waals surface area contributed by atoms with Crippen molar-refractivity contribution in [2.75, 3.05) is 0 Å². The molecule has 0 aliphatic carbocycles. The molecular formula is C22H29NO5. The minimum Gasteiger partial charge on any atom is -0.478 e. The predicted octanol–water partition coefficient (Wildman–Crippen LogP) is 3.28. The van der Waals surface area contributed by atoms with Gasteiger partial charge in [-0.1, -0.05) is 50.2 Å². The number of carboxylic acid groups (broad SMARTS) is 1. The van der Waals surface area contributed by atoms with Crippen molar-refractivity contribution in [3.05, 3.63) is 70.8 Å². The second-order valence-electron chi connectivity index (χ2n) is 6.95. The number of aliphatic hydroxyl groups is 2. The highest BCUT2D eigenvalue weighted by molar-refractivity contribution is 5.87. The number of benzene rings is 2. The maximum Gasteiger partial charge on any atom is 0.335 e. The van der Waals surface area contributed by atoms with Crippen molar-refractivity contribution in [2.24, 2.45) is 5.92 Å². The lowest BCUT2D eigenvalue weighted by molar-refractivity contribution is -0.122. The summed E-state index contributed by atoms with van der Waals surface area (Å²) in [6.07, 6.45) is 0.498. The predicted molar refractivity (Wildman–Crippen MR) is 108 cm³/mol. The van der Waals surface area contributed by atoms with E-state index >= 15 is 0 Å². The number of nitrogens with one attached hydrogen (secondary N) is 1. The van der Waals surface area contributed by atoms with E-state index in [0.717, 1.165) is 16.7 Å². The van der Waals surface area contributed by atoms with Crippen LogP contribution in [-0.2, 0) is 18.0 Å². The fraction of sp³-hybridized carbons (Fsp3) is 0.364. The van der Waals surface area contributed by atoms with E-state index in [0.29, 0.717) is 12.3 Å². The van der Waals surface area contributed by atoms with Gasteiger partial charge in [0.1, 0.15) is 0 Å². The largest absolute Gasteiger partial charge is 0.478 e. The van der Waals surface area contributed by atoms with Gasteiger partial charge in [-0.3, -0.25) is 4.79 Å². The Morgan fingerprint density at radius 2 is 1.46 bits per heavy atom. The molecule has 1 amide bonds. The van der Waals surface area contributed by atoms with Crippen LogP contribution in [0, 0.1) is 5.92 Å². The normalized spacial score (nSPS) is 11.4. The van der Waals surface area contributed by atoms with Crippen LogP contribution in [0.4, 0.5) is 0 Å². The van der Waals surface area contributed by atoms with E-state index in [-0.39, 0.29) is 30.7 Å². The first-order valence-electron chi connectivity index (χ1n) is 9.19. The Morgan fingerprint density at radius 1 is 0.929 bits per heavy atom. The van der Waals surface area contributed by atoms with E-state index < -0.39 is 5.97 Å². The van der Waals surface area contributed by atoms with Gasteiger partial charge < -0.3 is 20.6 Å². The zero-order valence-corrected chi connectivity index (χ0v) is 16.6. The number of hydrogen-bond acceptors (Lipinski definition) is 4. The lowest BCUT2D eigenvalue weighted by Crippen LogP contribution is -2.27. The molecule has 0 saturated carbocycles. The molecule has 152 valence electrons. The Kier molecular flexibility index (Phi) is 9.92. The molecule has 0 aliphatic rings. The zero-order valence-electron chi connectivity index (χ0n) is 16.6. The van der Waals surface area contributed by atoms with Gasteiger partial charge in [0.25, 0.3) is 0 Å². The molecule has 2 aromatic carbocycles. The lowest BCUT2D eigenvalue weighted by atomic mass is 10.1. The Morgan fingerprint density at radius 3 is 1.89 bits per heavy atom. The van der Waals surface area contributed by atoms with Crippen molar-refractivity contribution in [1.82, 2.24) is 5.32 Å². The minimum atomic E-state index is -0.946. The number of rotatable bonds is 7. The summed E-state index contributed by atoms with van der Waals surface area (Å²) >= 11 is 0. The van der Waals surface area contributed by atoms with Crippen LogP contribution >= 0.6 is 0 Å². The van der Waals surface area contributed by atoms with Gasteiger partial charge in [0, 0.05) is 6.42 Å². The molecule has 0 aromatic heterocycles. The van der Waals surface area contributed by atoms with Crippen molar-refractivity contribution in [2.45, 2.75) is 46.4 Å². The molecule has 0 bridgehead atoms. The number of carbonyl (C=O) groups is 2. The molecular weight excluding hydrogens is 358 g/mol. The van der Waals surface area contributed by atoms with Crippen LogP contribution in [0.15, 0.2) is 48.5 Å². The third kappa shape index (κ3) is 8.33. The van der Waals surface area contributed by atoms with Crippen molar-refractivity contribution in [3.63, 3.8) is 0 Å². The molecule has 0 radical (unpaired) electrons. The first-order chi connectivity index (χ1) is 13.3. The van der Waals surface area contributed by atoms with Crippen LogP contribution in [-0.4, -0.2) is 27.2 Å². The van der Waals surface area contributed by atoms with Gasteiger partial charge in [0.05, 0.1) is 24.8 Å². The maximum atomic E-state index is 11.6. The summed E-state index contributed by atoms with van der Waals surface area (Å²) in [5.41, 5.74) is 2.83. The monoisotopic (exact) mass is 387 g/mol. The van der Waals surface area contributed by atoms with Crippen LogP contribution in [0.5, 0.6) is 0 Å². The fourth-order valence-corrected chi connectivity index (χ4v) is 2.50. The van der Waals surface area contributed by atoms with E-state index in [2.05, 4.69) is 5.32 Å². The Bertz CT molecular complexity index is 737.